The number of hydrogen-bond donors (Lipinski definition) is 1. The van der Waals surface area contributed by atoms with Crippen LogP contribution < -0.4 is 5.73 Å². The lowest BCUT2D eigenvalue weighted by Crippen LogP contribution is -2.27. The second-order valence-corrected chi connectivity index (χ2v) is 2.59. The topological polar surface area (TPSA) is 52.3 Å². The van der Waals surface area contributed by atoms with Crippen molar-refractivity contribution in [2.75, 3.05) is 12.7 Å². The Kier molecular flexibility index (Phi) is 6.27. The summed E-state index contributed by atoms with van der Waals surface area (Å²) in [6.45, 7) is 2.34. The molecule has 0 fully saturated rings. The summed E-state index contributed by atoms with van der Waals surface area (Å²) in [7, 11) is 0. The Hall–Kier alpha value is -0.280. The number of alkyl halides is 1. The molecule has 66 valence electrons. The van der Waals surface area contributed by atoms with Crippen LogP contribution in [0.1, 0.15) is 19.8 Å². The number of rotatable bonds is 6. The molecular formula is C7H14ClNO2. The number of halogens is 1. The summed E-state index contributed by atoms with van der Waals surface area (Å²) in [6, 6.07) is 0.119. The Balaban J connectivity index is 3.60. The van der Waals surface area contributed by atoms with Gasteiger partial charge in [0, 0.05) is 0 Å². The molecule has 2 N–H and O–H groups in total. The zero-order valence-corrected chi connectivity index (χ0v) is 7.43. The Labute approximate surface area is 71.8 Å². The van der Waals surface area contributed by atoms with E-state index in [1.165, 1.54) is 0 Å². The normalized spacial score (nSPS) is 12.9. The fourth-order valence-electron chi connectivity index (χ4n) is 0.843. The summed E-state index contributed by atoms with van der Waals surface area (Å²) < 4.78 is 4.87. The highest BCUT2D eigenvalue weighted by Crippen LogP contribution is 2.05. The van der Waals surface area contributed by atoms with Gasteiger partial charge in [-0.25, -0.2) is 0 Å². The number of hydrogen-bond acceptors (Lipinski definition) is 2. The van der Waals surface area contributed by atoms with Gasteiger partial charge in [0.1, 0.15) is 6.07 Å². The molecule has 0 aromatic rings. The molecule has 0 saturated heterocycles. The highest BCUT2D eigenvalue weighted by atomic mass is 35.5. The van der Waals surface area contributed by atoms with Crippen LogP contribution in [0.25, 0.3) is 0 Å². The lowest BCUT2D eigenvalue weighted by molar-refractivity contribution is -0.123. The minimum Gasteiger partial charge on any atom is -0.369 e. The maximum atomic E-state index is 10.7. The zero-order valence-electron chi connectivity index (χ0n) is 6.68. The van der Waals surface area contributed by atoms with Crippen LogP contribution in [0, 0.1) is 5.92 Å². The van der Waals surface area contributed by atoms with Crippen LogP contribution in [0.5, 0.6) is 0 Å². The summed E-state index contributed by atoms with van der Waals surface area (Å²) in [6.07, 6.45) is 1.70. The molecule has 0 aliphatic heterocycles. The fraction of sp³-hybridized carbons (Fsp3) is 0.857. The summed E-state index contributed by atoms with van der Waals surface area (Å²) in [5.74, 6) is -0.490. The summed E-state index contributed by atoms with van der Waals surface area (Å²) in [5.41, 5.74) is 5.10. The average molecular weight is 180 g/mol. The van der Waals surface area contributed by atoms with Gasteiger partial charge in [-0.3, -0.25) is 4.79 Å². The van der Waals surface area contributed by atoms with Gasteiger partial charge in [0.25, 0.3) is 0 Å². The molecule has 0 aromatic heterocycles. The first-order valence-electron chi connectivity index (χ1n) is 3.65. The van der Waals surface area contributed by atoms with Gasteiger partial charge in [-0.1, -0.05) is 24.9 Å². The van der Waals surface area contributed by atoms with Crippen LogP contribution in [0.2, 0.25) is 0 Å². The van der Waals surface area contributed by atoms with Crippen molar-refractivity contribution in [2.45, 2.75) is 19.8 Å². The van der Waals surface area contributed by atoms with Crippen molar-refractivity contribution in [3.63, 3.8) is 0 Å². The molecule has 0 aliphatic rings. The highest BCUT2D eigenvalue weighted by molar-refractivity contribution is 6.17. The van der Waals surface area contributed by atoms with E-state index in [2.05, 4.69) is 0 Å². The van der Waals surface area contributed by atoms with Crippen molar-refractivity contribution in [2.24, 2.45) is 11.7 Å². The van der Waals surface area contributed by atoms with Gasteiger partial charge in [-0.2, -0.15) is 0 Å². The molecule has 0 aliphatic carbocycles. The molecule has 11 heavy (non-hydrogen) atoms. The molecule has 1 atom stereocenters. The maximum Gasteiger partial charge on any atom is 0.222 e. The molecule has 1 unspecified atom stereocenters. The minimum atomic E-state index is -0.308. The smallest absolute Gasteiger partial charge is 0.222 e. The van der Waals surface area contributed by atoms with Crippen molar-refractivity contribution in [1.82, 2.24) is 0 Å². The molecule has 1 amide bonds. The molecular weight excluding hydrogens is 166 g/mol. The number of nitrogens with two attached hydrogens (primary N) is 1. The second-order valence-electron chi connectivity index (χ2n) is 2.37. The predicted octanol–water partition coefficient (Wildman–Crippen LogP) is 1.10. The van der Waals surface area contributed by atoms with Crippen molar-refractivity contribution in [3.05, 3.63) is 0 Å². The molecule has 0 saturated carbocycles. The Morgan fingerprint density at radius 3 is 2.73 bits per heavy atom. The number of carbonyl (C=O) groups is 1. The maximum absolute atomic E-state index is 10.7. The van der Waals surface area contributed by atoms with Crippen LogP contribution in [0.4, 0.5) is 0 Å². The van der Waals surface area contributed by atoms with Crippen LogP contribution >= 0.6 is 11.6 Å². The predicted molar refractivity (Wildman–Crippen MR) is 44.3 cm³/mol. The minimum absolute atomic E-state index is 0.119. The van der Waals surface area contributed by atoms with Crippen LogP contribution in [0.3, 0.4) is 0 Å². The van der Waals surface area contributed by atoms with Crippen LogP contribution in [-0.2, 0) is 9.53 Å². The average Bonchev–Trinajstić information content (AvgIpc) is 1.97. The van der Waals surface area contributed by atoms with Gasteiger partial charge in [-0.05, 0) is 6.42 Å². The first-order valence-corrected chi connectivity index (χ1v) is 4.18. The molecule has 0 bridgehead atoms. The largest absolute Gasteiger partial charge is 0.369 e. The quantitative estimate of drug-likeness (QED) is 0.621. The fourth-order valence-corrected chi connectivity index (χ4v) is 0.932. The zero-order chi connectivity index (χ0) is 8.69. The van der Waals surface area contributed by atoms with E-state index in [0.29, 0.717) is 6.61 Å². The van der Waals surface area contributed by atoms with E-state index in [1.807, 2.05) is 6.92 Å². The van der Waals surface area contributed by atoms with Gasteiger partial charge in [-0.15, -0.1) is 0 Å². The van der Waals surface area contributed by atoms with Crippen molar-refractivity contribution in [3.8, 4) is 0 Å². The van der Waals surface area contributed by atoms with Crippen LogP contribution in [-0.4, -0.2) is 18.6 Å². The monoisotopic (exact) mass is 179 g/mol. The molecule has 4 heteroatoms. The number of amides is 1. The lowest BCUT2D eigenvalue weighted by atomic mass is 10.0. The molecule has 0 spiro atoms. The lowest BCUT2D eigenvalue weighted by Gasteiger charge is -2.10. The molecule has 3 nitrogen and oxygen atoms in total. The van der Waals surface area contributed by atoms with E-state index < -0.39 is 0 Å². The van der Waals surface area contributed by atoms with E-state index >= 15 is 0 Å². The summed E-state index contributed by atoms with van der Waals surface area (Å²) in [4.78, 5) is 10.7. The van der Waals surface area contributed by atoms with Crippen LogP contribution in [0.15, 0.2) is 0 Å². The Morgan fingerprint density at radius 1 is 1.73 bits per heavy atom. The number of ether oxygens (including phenoxy) is 1. The third-order valence-electron chi connectivity index (χ3n) is 1.44. The van der Waals surface area contributed by atoms with E-state index in [-0.39, 0.29) is 17.9 Å². The molecule has 0 heterocycles. The van der Waals surface area contributed by atoms with E-state index in [1.54, 1.807) is 0 Å². The Morgan fingerprint density at radius 2 is 2.36 bits per heavy atom. The van der Waals surface area contributed by atoms with E-state index in [9.17, 15) is 4.79 Å². The van der Waals surface area contributed by atoms with Crippen molar-refractivity contribution < 1.29 is 9.53 Å². The number of primary amides is 1. The van der Waals surface area contributed by atoms with Gasteiger partial charge in [0.15, 0.2) is 0 Å². The standard InChI is InChI=1S/C7H14ClNO2/c1-2-3-6(7(9)10)4-11-5-8/h6H,2-5H2,1H3,(H2,9,10). The van der Waals surface area contributed by atoms with Gasteiger partial charge in [0.05, 0.1) is 12.5 Å². The first-order chi connectivity index (χ1) is 5.22. The third kappa shape index (κ3) is 5.04. The summed E-state index contributed by atoms with van der Waals surface area (Å²) >= 11 is 5.28. The molecule has 0 radical (unpaired) electrons. The second kappa shape index (κ2) is 6.43. The third-order valence-corrected chi connectivity index (χ3v) is 1.59. The molecule has 0 rings (SSSR count). The van der Waals surface area contributed by atoms with E-state index in [4.69, 9.17) is 22.1 Å². The van der Waals surface area contributed by atoms with Gasteiger partial charge < -0.3 is 10.5 Å². The van der Waals surface area contributed by atoms with Crippen molar-refractivity contribution in [1.29, 1.82) is 0 Å². The van der Waals surface area contributed by atoms with E-state index in [0.717, 1.165) is 12.8 Å². The number of carbonyl (C=O) groups excluding carboxylic acids is 1. The van der Waals surface area contributed by atoms with Crippen molar-refractivity contribution >= 4 is 17.5 Å². The van der Waals surface area contributed by atoms with Gasteiger partial charge in [0.2, 0.25) is 5.91 Å². The molecule has 0 aromatic carbocycles. The highest BCUT2D eigenvalue weighted by Gasteiger charge is 2.13. The van der Waals surface area contributed by atoms with Gasteiger partial charge >= 0.3 is 0 Å². The Bertz CT molecular complexity index is 119. The SMILES string of the molecule is CCCC(COCCl)C(N)=O. The summed E-state index contributed by atoms with van der Waals surface area (Å²) in [5, 5.41) is 0. The first kappa shape index (κ1) is 10.7.